The second-order valence-corrected chi connectivity index (χ2v) is 4.88. The molecule has 110 valence electrons. The van der Waals surface area contributed by atoms with Crippen LogP contribution in [0.15, 0.2) is 48.5 Å². The lowest BCUT2D eigenvalue weighted by molar-refractivity contribution is 0.174. The third-order valence-corrected chi connectivity index (χ3v) is 3.28. The zero-order valence-electron chi connectivity index (χ0n) is 11.9. The molecule has 0 amide bonds. The van der Waals surface area contributed by atoms with Crippen LogP contribution >= 0.6 is 0 Å². The molecule has 3 rings (SSSR count). The van der Waals surface area contributed by atoms with Crippen LogP contribution in [0.2, 0.25) is 0 Å². The van der Waals surface area contributed by atoms with Gasteiger partial charge in [0.25, 0.3) is 0 Å². The molecule has 0 atom stereocenters. The molecule has 0 saturated heterocycles. The van der Waals surface area contributed by atoms with Gasteiger partial charge < -0.3 is 19.5 Å². The lowest BCUT2D eigenvalue weighted by Crippen LogP contribution is -2.17. The largest absolute Gasteiger partial charge is 0.494 e. The highest BCUT2D eigenvalue weighted by atomic mass is 16.7. The quantitative estimate of drug-likeness (QED) is 0.794. The van der Waals surface area contributed by atoms with Crippen LogP contribution in [0.25, 0.3) is 0 Å². The van der Waals surface area contributed by atoms with Gasteiger partial charge >= 0.3 is 0 Å². The van der Waals surface area contributed by atoms with E-state index in [4.69, 9.17) is 14.2 Å². The van der Waals surface area contributed by atoms with Crippen LogP contribution in [0.1, 0.15) is 12.0 Å². The van der Waals surface area contributed by atoms with E-state index < -0.39 is 0 Å². The van der Waals surface area contributed by atoms with E-state index in [1.165, 1.54) is 5.56 Å². The number of rotatable bonds is 7. The van der Waals surface area contributed by atoms with Crippen LogP contribution in [-0.2, 0) is 6.54 Å². The zero-order chi connectivity index (χ0) is 14.3. The third kappa shape index (κ3) is 3.89. The first-order valence-corrected chi connectivity index (χ1v) is 7.19. The maximum atomic E-state index is 5.64. The molecular formula is C17H19NO3. The summed E-state index contributed by atoms with van der Waals surface area (Å²) < 4.78 is 16.3. The number of hydrogen-bond donors (Lipinski definition) is 1. The van der Waals surface area contributed by atoms with Gasteiger partial charge in [-0.2, -0.15) is 0 Å². The predicted molar refractivity (Wildman–Crippen MR) is 80.8 cm³/mol. The summed E-state index contributed by atoms with van der Waals surface area (Å²) in [4.78, 5) is 0. The Morgan fingerprint density at radius 1 is 1.00 bits per heavy atom. The first kappa shape index (κ1) is 13.8. The molecule has 1 heterocycles. The predicted octanol–water partition coefficient (Wildman–Crippen LogP) is 2.97. The molecule has 1 aliphatic rings. The van der Waals surface area contributed by atoms with Gasteiger partial charge in [0.15, 0.2) is 11.5 Å². The molecule has 0 fully saturated rings. The minimum absolute atomic E-state index is 0.322. The SMILES string of the molecule is c1ccc(OCCCNCc2ccc3c(c2)OCO3)cc1. The number of ether oxygens (including phenoxy) is 3. The van der Waals surface area contributed by atoms with Crippen molar-refractivity contribution >= 4 is 0 Å². The lowest BCUT2D eigenvalue weighted by Gasteiger charge is -2.07. The Bertz CT molecular complexity index is 572. The summed E-state index contributed by atoms with van der Waals surface area (Å²) in [5, 5.41) is 3.40. The molecule has 0 radical (unpaired) electrons. The molecule has 1 aliphatic heterocycles. The minimum Gasteiger partial charge on any atom is -0.494 e. The van der Waals surface area contributed by atoms with Crippen molar-refractivity contribution in [1.29, 1.82) is 0 Å². The monoisotopic (exact) mass is 285 g/mol. The van der Waals surface area contributed by atoms with E-state index in [0.717, 1.165) is 43.4 Å². The normalized spacial score (nSPS) is 12.4. The van der Waals surface area contributed by atoms with Gasteiger partial charge in [-0.1, -0.05) is 24.3 Å². The second kappa shape index (κ2) is 6.99. The fourth-order valence-corrected chi connectivity index (χ4v) is 2.19. The molecule has 0 saturated carbocycles. The average Bonchev–Trinajstić information content (AvgIpc) is 2.99. The molecule has 0 aliphatic carbocycles. The summed E-state index contributed by atoms with van der Waals surface area (Å²) >= 11 is 0. The van der Waals surface area contributed by atoms with E-state index in [1.54, 1.807) is 0 Å². The Labute approximate surface area is 124 Å². The van der Waals surface area contributed by atoms with Crippen LogP contribution in [0.3, 0.4) is 0 Å². The van der Waals surface area contributed by atoms with Gasteiger partial charge in [0, 0.05) is 6.54 Å². The third-order valence-electron chi connectivity index (χ3n) is 3.28. The van der Waals surface area contributed by atoms with Crippen molar-refractivity contribution in [2.45, 2.75) is 13.0 Å². The highest BCUT2D eigenvalue weighted by Crippen LogP contribution is 2.32. The second-order valence-electron chi connectivity index (χ2n) is 4.88. The van der Waals surface area contributed by atoms with E-state index in [-0.39, 0.29) is 0 Å². The number of benzene rings is 2. The van der Waals surface area contributed by atoms with Crippen molar-refractivity contribution in [2.75, 3.05) is 19.9 Å². The highest BCUT2D eigenvalue weighted by Gasteiger charge is 2.12. The molecule has 21 heavy (non-hydrogen) atoms. The molecular weight excluding hydrogens is 266 g/mol. The van der Waals surface area contributed by atoms with Crippen LogP contribution in [0.5, 0.6) is 17.2 Å². The molecule has 0 aromatic heterocycles. The van der Waals surface area contributed by atoms with Crippen LogP contribution < -0.4 is 19.5 Å². The zero-order valence-corrected chi connectivity index (χ0v) is 11.9. The highest BCUT2D eigenvalue weighted by molar-refractivity contribution is 5.44. The first-order valence-electron chi connectivity index (χ1n) is 7.19. The topological polar surface area (TPSA) is 39.7 Å². The molecule has 1 N–H and O–H groups in total. The lowest BCUT2D eigenvalue weighted by atomic mass is 10.2. The van der Waals surface area contributed by atoms with Crippen molar-refractivity contribution in [2.24, 2.45) is 0 Å². The Kier molecular flexibility index (Phi) is 4.59. The molecule has 2 aromatic carbocycles. The van der Waals surface area contributed by atoms with E-state index in [1.807, 2.05) is 42.5 Å². The van der Waals surface area contributed by atoms with Crippen LogP contribution in [0.4, 0.5) is 0 Å². The summed E-state index contributed by atoms with van der Waals surface area (Å²) in [6.07, 6.45) is 0.972. The van der Waals surface area contributed by atoms with Crippen molar-refractivity contribution in [1.82, 2.24) is 5.32 Å². The first-order chi connectivity index (χ1) is 10.4. The Hall–Kier alpha value is -2.20. The summed E-state index contributed by atoms with van der Waals surface area (Å²) in [5.41, 5.74) is 1.20. The minimum atomic E-state index is 0.322. The van der Waals surface area contributed by atoms with Crippen molar-refractivity contribution in [3.8, 4) is 17.2 Å². The summed E-state index contributed by atoms with van der Waals surface area (Å²) in [6.45, 7) is 2.78. The standard InChI is InChI=1S/C17H19NO3/c1-2-5-15(6-3-1)19-10-4-9-18-12-14-7-8-16-17(11-14)21-13-20-16/h1-3,5-8,11,18H,4,9-10,12-13H2. The average molecular weight is 285 g/mol. The van der Waals surface area contributed by atoms with Crippen LogP contribution in [-0.4, -0.2) is 19.9 Å². The van der Waals surface area contributed by atoms with E-state index in [9.17, 15) is 0 Å². The van der Waals surface area contributed by atoms with Gasteiger partial charge in [0.1, 0.15) is 5.75 Å². The van der Waals surface area contributed by atoms with Gasteiger partial charge in [-0.15, -0.1) is 0 Å². The summed E-state index contributed by atoms with van der Waals surface area (Å²) in [7, 11) is 0. The van der Waals surface area contributed by atoms with Gasteiger partial charge in [0.05, 0.1) is 6.61 Å². The van der Waals surface area contributed by atoms with E-state index in [0.29, 0.717) is 6.79 Å². The van der Waals surface area contributed by atoms with E-state index >= 15 is 0 Å². The Morgan fingerprint density at radius 2 is 1.86 bits per heavy atom. The number of para-hydroxylation sites is 1. The van der Waals surface area contributed by atoms with Crippen molar-refractivity contribution in [3.63, 3.8) is 0 Å². The maximum Gasteiger partial charge on any atom is 0.231 e. The molecule has 0 unspecified atom stereocenters. The molecule has 4 heteroatoms. The Balaban J connectivity index is 1.33. The number of nitrogens with one attached hydrogen (secondary N) is 1. The molecule has 0 spiro atoms. The Morgan fingerprint density at radius 3 is 2.76 bits per heavy atom. The van der Waals surface area contributed by atoms with Crippen molar-refractivity contribution < 1.29 is 14.2 Å². The van der Waals surface area contributed by atoms with E-state index in [2.05, 4.69) is 11.4 Å². The van der Waals surface area contributed by atoms with Crippen LogP contribution in [0, 0.1) is 0 Å². The number of fused-ring (bicyclic) bond motifs is 1. The van der Waals surface area contributed by atoms with Gasteiger partial charge in [-0.3, -0.25) is 0 Å². The van der Waals surface area contributed by atoms with Gasteiger partial charge in [-0.25, -0.2) is 0 Å². The van der Waals surface area contributed by atoms with Crippen molar-refractivity contribution in [3.05, 3.63) is 54.1 Å². The molecule has 4 nitrogen and oxygen atoms in total. The smallest absolute Gasteiger partial charge is 0.231 e. The summed E-state index contributed by atoms with van der Waals surface area (Å²) in [5.74, 6) is 2.59. The van der Waals surface area contributed by atoms with Gasteiger partial charge in [-0.05, 0) is 42.8 Å². The molecule has 0 bridgehead atoms. The number of hydrogen-bond acceptors (Lipinski definition) is 4. The van der Waals surface area contributed by atoms with Gasteiger partial charge in [0.2, 0.25) is 6.79 Å². The maximum absolute atomic E-state index is 5.64. The fourth-order valence-electron chi connectivity index (χ4n) is 2.19. The molecule has 2 aromatic rings. The summed E-state index contributed by atoms with van der Waals surface area (Å²) in [6, 6.07) is 15.9. The fraction of sp³-hybridized carbons (Fsp3) is 0.294.